The third-order valence-electron chi connectivity index (χ3n) is 3.74. The van der Waals surface area contributed by atoms with Crippen molar-refractivity contribution in [2.45, 2.75) is 25.9 Å². The summed E-state index contributed by atoms with van der Waals surface area (Å²) >= 11 is 0. The van der Waals surface area contributed by atoms with Crippen LogP contribution in [-0.4, -0.2) is 41.9 Å². The lowest BCUT2D eigenvalue weighted by Gasteiger charge is -2.39. The molecule has 0 aromatic heterocycles. The summed E-state index contributed by atoms with van der Waals surface area (Å²) in [5.74, 6) is 0.188. The second-order valence-electron chi connectivity index (χ2n) is 5.52. The molecule has 1 fully saturated rings. The molecule has 1 aliphatic heterocycles. The van der Waals surface area contributed by atoms with Gasteiger partial charge in [0, 0.05) is 18.7 Å². The minimum absolute atomic E-state index is 0.195. The summed E-state index contributed by atoms with van der Waals surface area (Å²) < 4.78 is 5.73. The number of imide groups is 1. The number of para-hydroxylation sites is 1. The standard InChI is InChI=1S/C15H21N3O3/c1-15(2)14(20)17-13(19)10-18(15)7-8-21-12-6-4-3-5-11(12)9-16/h3-6H,7-10,16H2,1-2H3,(H,17,19,20). The number of hydrogen-bond acceptors (Lipinski definition) is 5. The van der Waals surface area contributed by atoms with Crippen LogP contribution in [0.15, 0.2) is 24.3 Å². The molecule has 0 unspecified atom stereocenters. The zero-order chi connectivity index (χ0) is 15.5. The van der Waals surface area contributed by atoms with Crippen LogP contribution in [-0.2, 0) is 16.1 Å². The highest BCUT2D eigenvalue weighted by Crippen LogP contribution is 2.19. The van der Waals surface area contributed by atoms with Gasteiger partial charge in [-0.2, -0.15) is 0 Å². The van der Waals surface area contributed by atoms with Crippen molar-refractivity contribution in [2.75, 3.05) is 19.7 Å². The Morgan fingerprint density at radius 3 is 2.76 bits per heavy atom. The molecule has 1 saturated heterocycles. The Kier molecular flexibility index (Phi) is 4.59. The molecule has 1 aromatic rings. The Hall–Kier alpha value is -1.92. The number of rotatable bonds is 5. The maximum absolute atomic E-state index is 11.8. The molecule has 0 atom stereocenters. The number of piperazine rings is 1. The monoisotopic (exact) mass is 291 g/mol. The minimum atomic E-state index is -0.718. The first kappa shape index (κ1) is 15.5. The number of ether oxygens (including phenoxy) is 1. The van der Waals surface area contributed by atoms with Crippen molar-refractivity contribution in [1.82, 2.24) is 10.2 Å². The first-order valence-electron chi connectivity index (χ1n) is 6.95. The van der Waals surface area contributed by atoms with Gasteiger partial charge in [0.25, 0.3) is 0 Å². The molecular weight excluding hydrogens is 270 g/mol. The third kappa shape index (κ3) is 3.40. The summed E-state index contributed by atoms with van der Waals surface area (Å²) in [6.07, 6.45) is 0. The van der Waals surface area contributed by atoms with Crippen LogP contribution in [0.25, 0.3) is 0 Å². The first-order chi connectivity index (χ1) is 9.95. The smallest absolute Gasteiger partial charge is 0.246 e. The third-order valence-corrected chi connectivity index (χ3v) is 3.74. The number of benzene rings is 1. The predicted octanol–water partition coefficient (Wildman–Crippen LogP) is 0.261. The van der Waals surface area contributed by atoms with Gasteiger partial charge in [-0.25, -0.2) is 0 Å². The Bertz CT molecular complexity index is 543. The van der Waals surface area contributed by atoms with E-state index in [-0.39, 0.29) is 18.4 Å². The quantitative estimate of drug-likeness (QED) is 0.760. The number of carbonyl (C=O) groups excluding carboxylic acids is 2. The fraction of sp³-hybridized carbons (Fsp3) is 0.467. The average molecular weight is 291 g/mol. The number of nitrogens with one attached hydrogen (secondary N) is 1. The molecule has 6 heteroatoms. The highest BCUT2D eigenvalue weighted by molar-refractivity contribution is 6.02. The van der Waals surface area contributed by atoms with E-state index in [1.807, 2.05) is 29.2 Å². The SMILES string of the molecule is CC1(C)C(=O)NC(=O)CN1CCOc1ccccc1CN. The molecule has 0 aliphatic carbocycles. The Labute approximate surface area is 124 Å². The van der Waals surface area contributed by atoms with Crippen LogP contribution >= 0.6 is 0 Å². The molecule has 21 heavy (non-hydrogen) atoms. The summed E-state index contributed by atoms with van der Waals surface area (Å²) in [4.78, 5) is 25.1. The topological polar surface area (TPSA) is 84.7 Å². The fourth-order valence-corrected chi connectivity index (χ4v) is 2.27. The summed E-state index contributed by atoms with van der Waals surface area (Å²) in [6, 6.07) is 7.57. The maximum Gasteiger partial charge on any atom is 0.246 e. The van der Waals surface area contributed by atoms with E-state index in [2.05, 4.69) is 5.32 Å². The van der Waals surface area contributed by atoms with Crippen LogP contribution in [0.4, 0.5) is 0 Å². The second-order valence-corrected chi connectivity index (χ2v) is 5.52. The molecule has 6 nitrogen and oxygen atoms in total. The molecule has 0 saturated carbocycles. The summed E-state index contributed by atoms with van der Waals surface area (Å²) in [5.41, 5.74) is 5.87. The van der Waals surface area contributed by atoms with E-state index in [0.29, 0.717) is 19.7 Å². The van der Waals surface area contributed by atoms with Gasteiger partial charge in [0.1, 0.15) is 12.4 Å². The van der Waals surface area contributed by atoms with E-state index < -0.39 is 5.54 Å². The molecule has 2 amide bonds. The molecule has 1 heterocycles. The van der Waals surface area contributed by atoms with Crippen molar-refractivity contribution >= 4 is 11.8 Å². The van der Waals surface area contributed by atoms with Crippen molar-refractivity contribution < 1.29 is 14.3 Å². The molecule has 0 spiro atoms. The second kappa shape index (κ2) is 6.24. The normalized spacial score (nSPS) is 18.4. The minimum Gasteiger partial charge on any atom is -0.492 e. The van der Waals surface area contributed by atoms with Crippen molar-refractivity contribution in [2.24, 2.45) is 5.73 Å². The van der Waals surface area contributed by atoms with Gasteiger partial charge in [0.05, 0.1) is 12.1 Å². The van der Waals surface area contributed by atoms with E-state index in [9.17, 15) is 9.59 Å². The number of hydrogen-bond donors (Lipinski definition) is 2. The Morgan fingerprint density at radius 2 is 2.05 bits per heavy atom. The average Bonchev–Trinajstić information content (AvgIpc) is 2.45. The number of carbonyl (C=O) groups is 2. The number of nitrogens with two attached hydrogens (primary N) is 1. The van der Waals surface area contributed by atoms with Crippen LogP contribution in [0.2, 0.25) is 0 Å². The lowest BCUT2D eigenvalue weighted by atomic mass is 9.99. The molecular formula is C15H21N3O3. The van der Waals surface area contributed by atoms with Gasteiger partial charge in [-0.3, -0.25) is 19.8 Å². The van der Waals surface area contributed by atoms with E-state index in [4.69, 9.17) is 10.5 Å². The molecule has 114 valence electrons. The van der Waals surface area contributed by atoms with Gasteiger partial charge in [0.2, 0.25) is 11.8 Å². The zero-order valence-electron chi connectivity index (χ0n) is 12.4. The van der Waals surface area contributed by atoms with Crippen molar-refractivity contribution in [3.05, 3.63) is 29.8 Å². The van der Waals surface area contributed by atoms with E-state index in [0.717, 1.165) is 11.3 Å². The summed E-state index contributed by atoms with van der Waals surface area (Å²) in [6.45, 7) is 5.07. The molecule has 0 radical (unpaired) electrons. The van der Waals surface area contributed by atoms with Gasteiger partial charge >= 0.3 is 0 Å². The summed E-state index contributed by atoms with van der Waals surface area (Å²) in [5, 5.41) is 2.35. The molecule has 1 aliphatic rings. The predicted molar refractivity (Wildman–Crippen MR) is 78.6 cm³/mol. The van der Waals surface area contributed by atoms with Crippen LogP contribution in [0.3, 0.4) is 0 Å². The zero-order valence-corrected chi connectivity index (χ0v) is 12.4. The molecule has 3 N–H and O–H groups in total. The van der Waals surface area contributed by atoms with E-state index >= 15 is 0 Å². The van der Waals surface area contributed by atoms with Crippen molar-refractivity contribution in [3.8, 4) is 5.75 Å². The maximum atomic E-state index is 11.8. The lowest BCUT2D eigenvalue weighted by Crippen LogP contribution is -2.64. The molecule has 2 rings (SSSR count). The van der Waals surface area contributed by atoms with Crippen LogP contribution in [0, 0.1) is 0 Å². The Balaban J connectivity index is 1.96. The fourth-order valence-electron chi connectivity index (χ4n) is 2.27. The molecule has 0 bridgehead atoms. The van der Waals surface area contributed by atoms with Gasteiger partial charge in [0.15, 0.2) is 0 Å². The highest BCUT2D eigenvalue weighted by Gasteiger charge is 2.40. The van der Waals surface area contributed by atoms with Crippen LogP contribution in [0.1, 0.15) is 19.4 Å². The van der Waals surface area contributed by atoms with Gasteiger partial charge in [-0.15, -0.1) is 0 Å². The van der Waals surface area contributed by atoms with Crippen molar-refractivity contribution in [1.29, 1.82) is 0 Å². The van der Waals surface area contributed by atoms with Crippen LogP contribution in [0.5, 0.6) is 5.75 Å². The van der Waals surface area contributed by atoms with Gasteiger partial charge in [-0.1, -0.05) is 18.2 Å². The number of amides is 2. The lowest BCUT2D eigenvalue weighted by molar-refractivity contribution is -0.145. The summed E-state index contributed by atoms with van der Waals surface area (Å²) in [7, 11) is 0. The van der Waals surface area contributed by atoms with E-state index in [1.54, 1.807) is 13.8 Å². The van der Waals surface area contributed by atoms with Crippen molar-refractivity contribution in [3.63, 3.8) is 0 Å². The molecule has 1 aromatic carbocycles. The van der Waals surface area contributed by atoms with Gasteiger partial charge < -0.3 is 10.5 Å². The number of nitrogens with zero attached hydrogens (tertiary/aromatic N) is 1. The van der Waals surface area contributed by atoms with Gasteiger partial charge in [-0.05, 0) is 19.9 Å². The van der Waals surface area contributed by atoms with E-state index in [1.165, 1.54) is 0 Å². The first-order valence-corrected chi connectivity index (χ1v) is 6.95. The van der Waals surface area contributed by atoms with Crippen LogP contribution < -0.4 is 15.8 Å². The highest BCUT2D eigenvalue weighted by atomic mass is 16.5. The Morgan fingerprint density at radius 1 is 1.33 bits per heavy atom. The largest absolute Gasteiger partial charge is 0.492 e.